The van der Waals surface area contributed by atoms with Crippen LogP contribution in [0.1, 0.15) is 15.9 Å². The Hall–Kier alpha value is -1.59. The van der Waals surface area contributed by atoms with Crippen LogP contribution in [-0.4, -0.2) is 50.4 Å². The summed E-state index contributed by atoms with van der Waals surface area (Å²) in [5.74, 6) is -0.598. The monoisotopic (exact) mass is 253 g/mol. The minimum absolute atomic E-state index is 0.190. The van der Waals surface area contributed by atoms with Gasteiger partial charge in [-0.25, -0.2) is 4.79 Å². The van der Waals surface area contributed by atoms with Crippen LogP contribution in [0.25, 0.3) is 0 Å². The molecule has 0 aromatic heterocycles. The Morgan fingerprint density at radius 3 is 2.67 bits per heavy atom. The van der Waals surface area contributed by atoms with E-state index >= 15 is 0 Å². The van der Waals surface area contributed by atoms with Gasteiger partial charge in [0.15, 0.2) is 0 Å². The van der Waals surface area contributed by atoms with Gasteiger partial charge in [0.1, 0.15) is 11.3 Å². The maximum Gasteiger partial charge on any atom is 0.339 e. The first-order valence-electron chi connectivity index (χ1n) is 5.66. The largest absolute Gasteiger partial charge is 0.496 e. The molecule has 0 saturated heterocycles. The summed E-state index contributed by atoms with van der Waals surface area (Å²) in [6.45, 7) is 2.12. The van der Waals surface area contributed by atoms with E-state index < -0.39 is 5.97 Å². The number of benzene rings is 1. The van der Waals surface area contributed by atoms with E-state index in [0.717, 1.165) is 12.1 Å². The second-order valence-corrected chi connectivity index (χ2v) is 4.07. The molecule has 0 heterocycles. The number of likely N-dealkylation sites (N-methyl/N-ethyl adjacent to an activating group) is 1. The quantitative estimate of drug-likeness (QED) is 0.797. The van der Waals surface area contributed by atoms with Gasteiger partial charge < -0.3 is 14.6 Å². The number of rotatable bonds is 7. The molecule has 1 rings (SSSR count). The Balaban J connectivity index is 2.78. The number of hydrogen-bond acceptors (Lipinski definition) is 4. The van der Waals surface area contributed by atoms with Gasteiger partial charge in [-0.2, -0.15) is 0 Å². The van der Waals surface area contributed by atoms with Crippen LogP contribution < -0.4 is 4.74 Å². The number of aromatic carboxylic acids is 1. The minimum atomic E-state index is -0.978. The summed E-state index contributed by atoms with van der Waals surface area (Å²) < 4.78 is 10.0. The zero-order chi connectivity index (χ0) is 13.5. The molecule has 5 heteroatoms. The Labute approximate surface area is 107 Å². The molecule has 0 spiro atoms. The van der Waals surface area contributed by atoms with Crippen molar-refractivity contribution in [1.82, 2.24) is 4.90 Å². The fraction of sp³-hybridized carbons (Fsp3) is 0.462. The fourth-order valence-corrected chi connectivity index (χ4v) is 1.66. The molecule has 0 bridgehead atoms. The number of nitrogens with zero attached hydrogens (tertiary/aromatic N) is 1. The van der Waals surface area contributed by atoms with Gasteiger partial charge >= 0.3 is 5.97 Å². The maximum atomic E-state index is 11.1. The topological polar surface area (TPSA) is 59.0 Å². The van der Waals surface area contributed by atoms with Crippen LogP contribution >= 0.6 is 0 Å². The van der Waals surface area contributed by atoms with Gasteiger partial charge in [-0.05, 0) is 24.7 Å². The van der Waals surface area contributed by atoms with Gasteiger partial charge in [-0.3, -0.25) is 4.90 Å². The van der Waals surface area contributed by atoms with Crippen molar-refractivity contribution < 1.29 is 19.4 Å². The van der Waals surface area contributed by atoms with Gasteiger partial charge in [0.25, 0.3) is 0 Å². The lowest BCUT2D eigenvalue weighted by Gasteiger charge is -2.16. The molecule has 100 valence electrons. The van der Waals surface area contributed by atoms with Gasteiger partial charge in [0, 0.05) is 20.2 Å². The molecule has 1 N–H and O–H groups in total. The number of carbonyl (C=O) groups is 1. The molecule has 0 atom stereocenters. The summed E-state index contributed by atoms with van der Waals surface area (Å²) in [5.41, 5.74) is 1.13. The molecule has 0 radical (unpaired) electrons. The average molecular weight is 253 g/mol. The van der Waals surface area contributed by atoms with E-state index in [9.17, 15) is 4.79 Å². The van der Waals surface area contributed by atoms with Crippen molar-refractivity contribution in [3.8, 4) is 5.75 Å². The lowest BCUT2D eigenvalue weighted by Crippen LogP contribution is -2.22. The van der Waals surface area contributed by atoms with Crippen LogP contribution in [0.4, 0.5) is 0 Å². The van der Waals surface area contributed by atoms with Crippen molar-refractivity contribution in [2.45, 2.75) is 6.54 Å². The lowest BCUT2D eigenvalue weighted by molar-refractivity contribution is 0.0693. The highest BCUT2D eigenvalue weighted by Crippen LogP contribution is 2.20. The van der Waals surface area contributed by atoms with E-state index in [-0.39, 0.29) is 5.56 Å². The lowest BCUT2D eigenvalue weighted by atomic mass is 10.1. The minimum Gasteiger partial charge on any atom is -0.496 e. The van der Waals surface area contributed by atoms with E-state index in [1.807, 2.05) is 13.1 Å². The predicted octanol–water partition coefficient (Wildman–Crippen LogP) is 1.47. The highest BCUT2D eigenvalue weighted by Gasteiger charge is 2.12. The normalized spacial score (nSPS) is 10.7. The highest BCUT2D eigenvalue weighted by molar-refractivity contribution is 5.91. The molecular formula is C13H19NO4. The molecule has 0 unspecified atom stereocenters. The van der Waals surface area contributed by atoms with E-state index in [1.165, 1.54) is 7.11 Å². The summed E-state index contributed by atoms with van der Waals surface area (Å²) in [7, 11) is 5.08. The van der Waals surface area contributed by atoms with Crippen molar-refractivity contribution in [2.75, 3.05) is 34.4 Å². The number of ether oxygens (including phenoxy) is 2. The van der Waals surface area contributed by atoms with Crippen molar-refractivity contribution >= 4 is 5.97 Å². The zero-order valence-corrected chi connectivity index (χ0v) is 11.0. The predicted molar refractivity (Wildman–Crippen MR) is 68.2 cm³/mol. The zero-order valence-electron chi connectivity index (χ0n) is 11.0. The van der Waals surface area contributed by atoms with Crippen LogP contribution in [-0.2, 0) is 11.3 Å². The third-order valence-electron chi connectivity index (χ3n) is 2.62. The summed E-state index contributed by atoms with van der Waals surface area (Å²) >= 11 is 0. The standard InChI is InChI=1S/C13H19NO4/c1-14(6-7-17-2)9-10-4-5-12(18-3)11(8-10)13(15)16/h4-5,8H,6-7,9H2,1-3H3,(H,15,16). The first-order valence-corrected chi connectivity index (χ1v) is 5.66. The smallest absolute Gasteiger partial charge is 0.339 e. The Morgan fingerprint density at radius 2 is 2.11 bits per heavy atom. The van der Waals surface area contributed by atoms with E-state index in [2.05, 4.69) is 4.90 Å². The molecule has 0 fully saturated rings. The van der Waals surface area contributed by atoms with Crippen LogP contribution in [0.3, 0.4) is 0 Å². The molecule has 1 aromatic carbocycles. The molecule has 0 saturated carbocycles. The average Bonchev–Trinajstić information content (AvgIpc) is 2.36. The van der Waals surface area contributed by atoms with Gasteiger partial charge in [0.2, 0.25) is 0 Å². The van der Waals surface area contributed by atoms with E-state index in [4.69, 9.17) is 14.6 Å². The Kier molecular flexibility index (Phi) is 5.61. The molecule has 18 heavy (non-hydrogen) atoms. The van der Waals surface area contributed by atoms with Crippen molar-refractivity contribution in [1.29, 1.82) is 0 Å². The number of carboxylic acid groups (broad SMARTS) is 1. The maximum absolute atomic E-state index is 11.1. The first kappa shape index (κ1) is 14.5. The number of carboxylic acids is 1. The second kappa shape index (κ2) is 6.98. The fourth-order valence-electron chi connectivity index (χ4n) is 1.66. The highest BCUT2D eigenvalue weighted by atomic mass is 16.5. The van der Waals surface area contributed by atoms with Crippen molar-refractivity contribution in [2.24, 2.45) is 0 Å². The summed E-state index contributed by atoms with van der Waals surface area (Å²) in [5, 5.41) is 9.08. The van der Waals surface area contributed by atoms with Crippen LogP contribution in [0.2, 0.25) is 0 Å². The summed E-state index contributed by atoms with van der Waals surface area (Å²) in [6, 6.07) is 5.20. The SMILES string of the molecule is COCCN(C)Cc1ccc(OC)c(C(=O)O)c1. The van der Waals surface area contributed by atoms with E-state index in [1.54, 1.807) is 19.2 Å². The van der Waals surface area contributed by atoms with Crippen LogP contribution in [0, 0.1) is 0 Å². The Morgan fingerprint density at radius 1 is 1.39 bits per heavy atom. The summed E-state index contributed by atoms with van der Waals surface area (Å²) in [6.07, 6.45) is 0. The van der Waals surface area contributed by atoms with Crippen LogP contribution in [0.15, 0.2) is 18.2 Å². The second-order valence-electron chi connectivity index (χ2n) is 4.07. The molecule has 5 nitrogen and oxygen atoms in total. The number of hydrogen-bond donors (Lipinski definition) is 1. The molecule has 1 aromatic rings. The third kappa shape index (κ3) is 4.01. The van der Waals surface area contributed by atoms with Gasteiger partial charge in [-0.1, -0.05) is 6.07 Å². The molecule has 0 amide bonds. The Bertz CT molecular complexity index is 406. The van der Waals surface area contributed by atoms with Gasteiger partial charge in [0.05, 0.1) is 13.7 Å². The van der Waals surface area contributed by atoms with Crippen molar-refractivity contribution in [3.05, 3.63) is 29.3 Å². The number of methoxy groups -OCH3 is 2. The molecule has 0 aliphatic rings. The van der Waals surface area contributed by atoms with Gasteiger partial charge in [-0.15, -0.1) is 0 Å². The third-order valence-corrected chi connectivity index (χ3v) is 2.62. The summed E-state index contributed by atoms with van der Waals surface area (Å²) in [4.78, 5) is 13.1. The first-order chi connectivity index (χ1) is 8.58. The molecule has 0 aliphatic carbocycles. The van der Waals surface area contributed by atoms with Crippen LogP contribution in [0.5, 0.6) is 5.75 Å². The molecule has 0 aliphatic heterocycles. The van der Waals surface area contributed by atoms with Crippen molar-refractivity contribution in [3.63, 3.8) is 0 Å². The molecular weight excluding hydrogens is 234 g/mol. The van der Waals surface area contributed by atoms with E-state index in [0.29, 0.717) is 18.9 Å².